The molecule has 154 valence electrons. The molecule has 0 heterocycles. The smallest absolute Gasteiger partial charge is 0.308 e. The van der Waals surface area contributed by atoms with Crippen LogP contribution in [0.2, 0.25) is 0 Å². The van der Waals surface area contributed by atoms with E-state index in [0.29, 0.717) is 0 Å². The van der Waals surface area contributed by atoms with Crippen molar-refractivity contribution in [1.29, 1.82) is 0 Å². The first-order chi connectivity index (χ1) is 12.4. The van der Waals surface area contributed by atoms with Crippen molar-refractivity contribution in [2.75, 3.05) is 13.2 Å². The summed E-state index contributed by atoms with van der Waals surface area (Å²) >= 11 is 0. The van der Waals surface area contributed by atoms with Gasteiger partial charge in [-0.1, -0.05) is 79.1 Å². The highest BCUT2D eigenvalue weighted by molar-refractivity contribution is 5.72. The number of carbonyl (C=O) groups excluding carboxylic acids is 2. The summed E-state index contributed by atoms with van der Waals surface area (Å²) in [6.07, 6.45) is 9.63. The van der Waals surface area contributed by atoms with Crippen molar-refractivity contribution in [3.63, 3.8) is 0 Å². The van der Waals surface area contributed by atoms with Gasteiger partial charge in [0, 0.05) is 0 Å². The number of hydrogen-bond acceptors (Lipinski definition) is 5. The van der Waals surface area contributed by atoms with E-state index in [1.807, 2.05) is 13.8 Å². The van der Waals surface area contributed by atoms with Crippen LogP contribution in [0.15, 0.2) is 0 Å². The number of rotatable bonds is 16. The van der Waals surface area contributed by atoms with Gasteiger partial charge < -0.3 is 14.6 Å². The lowest BCUT2D eigenvalue weighted by molar-refractivity contribution is -0.157. The molecule has 0 fully saturated rings. The molecular formula is C21H40O5. The first kappa shape index (κ1) is 24.9. The van der Waals surface area contributed by atoms with Crippen LogP contribution in [0.4, 0.5) is 0 Å². The van der Waals surface area contributed by atoms with Crippen LogP contribution in [0.1, 0.15) is 91.9 Å². The maximum atomic E-state index is 11.9. The summed E-state index contributed by atoms with van der Waals surface area (Å²) in [6, 6.07) is 0. The molecule has 1 N–H and O–H groups in total. The SMILES string of the molecule is CCCCCCC(C)C(=O)OCC(O)COC(=O)C(C)CCCCCC. The van der Waals surface area contributed by atoms with E-state index in [2.05, 4.69) is 13.8 Å². The highest BCUT2D eigenvalue weighted by Crippen LogP contribution is 2.13. The van der Waals surface area contributed by atoms with Gasteiger partial charge in [-0.3, -0.25) is 9.59 Å². The second-order valence-corrected chi connectivity index (χ2v) is 7.41. The molecule has 0 bridgehead atoms. The third kappa shape index (κ3) is 13.2. The van der Waals surface area contributed by atoms with Crippen molar-refractivity contribution in [3.05, 3.63) is 0 Å². The van der Waals surface area contributed by atoms with Crippen molar-refractivity contribution in [1.82, 2.24) is 0 Å². The molecule has 0 saturated carbocycles. The standard InChI is InChI=1S/C21H40O5/c1-5-7-9-11-13-17(3)20(23)25-15-19(22)16-26-21(24)18(4)14-12-10-8-6-2/h17-19,22H,5-16H2,1-4H3. The fourth-order valence-electron chi connectivity index (χ4n) is 2.68. The monoisotopic (exact) mass is 372 g/mol. The maximum Gasteiger partial charge on any atom is 0.308 e. The minimum atomic E-state index is -0.970. The summed E-state index contributed by atoms with van der Waals surface area (Å²) in [7, 11) is 0. The molecule has 0 aromatic heterocycles. The normalized spacial score (nSPS) is 14.5. The Labute approximate surface area is 159 Å². The summed E-state index contributed by atoms with van der Waals surface area (Å²) in [6.45, 7) is 7.74. The third-order valence-corrected chi connectivity index (χ3v) is 4.62. The van der Waals surface area contributed by atoms with Crippen LogP contribution in [0.5, 0.6) is 0 Å². The van der Waals surface area contributed by atoms with Gasteiger partial charge in [0.05, 0.1) is 11.8 Å². The van der Waals surface area contributed by atoms with Crippen molar-refractivity contribution in [3.8, 4) is 0 Å². The fourth-order valence-corrected chi connectivity index (χ4v) is 2.68. The summed E-state index contributed by atoms with van der Waals surface area (Å²) in [5.74, 6) is -0.915. The first-order valence-electron chi connectivity index (χ1n) is 10.4. The average molecular weight is 373 g/mol. The van der Waals surface area contributed by atoms with E-state index in [1.54, 1.807) is 0 Å². The van der Waals surface area contributed by atoms with E-state index in [0.717, 1.165) is 38.5 Å². The van der Waals surface area contributed by atoms with Crippen LogP contribution in [0, 0.1) is 11.8 Å². The van der Waals surface area contributed by atoms with Crippen LogP contribution in [-0.2, 0) is 19.1 Å². The molecule has 0 aliphatic rings. The van der Waals surface area contributed by atoms with Crippen molar-refractivity contribution >= 4 is 11.9 Å². The molecule has 0 aliphatic heterocycles. The lowest BCUT2D eigenvalue weighted by atomic mass is 10.0. The molecule has 5 nitrogen and oxygen atoms in total. The van der Waals surface area contributed by atoms with Crippen molar-refractivity contribution < 1.29 is 24.2 Å². The number of unbranched alkanes of at least 4 members (excludes halogenated alkanes) is 6. The molecule has 2 unspecified atom stereocenters. The molecule has 0 aromatic rings. The Balaban J connectivity index is 3.84. The van der Waals surface area contributed by atoms with E-state index < -0.39 is 6.10 Å². The zero-order valence-electron chi connectivity index (χ0n) is 17.3. The number of esters is 2. The molecular weight excluding hydrogens is 332 g/mol. The molecule has 0 amide bonds. The van der Waals surface area contributed by atoms with E-state index in [-0.39, 0.29) is 37.0 Å². The summed E-state index contributed by atoms with van der Waals surface area (Å²) in [4.78, 5) is 23.8. The van der Waals surface area contributed by atoms with Gasteiger partial charge in [0.15, 0.2) is 0 Å². The lowest BCUT2D eigenvalue weighted by Gasteiger charge is -2.16. The van der Waals surface area contributed by atoms with Crippen LogP contribution in [-0.4, -0.2) is 36.4 Å². The molecule has 0 saturated heterocycles. The minimum Gasteiger partial charge on any atom is -0.463 e. The molecule has 0 rings (SSSR count). The second-order valence-electron chi connectivity index (χ2n) is 7.41. The van der Waals surface area contributed by atoms with E-state index in [4.69, 9.17) is 9.47 Å². The van der Waals surface area contributed by atoms with Crippen molar-refractivity contribution in [2.45, 2.75) is 98.0 Å². The topological polar surface area (TPSA) is 72.8 Å². The van der Waals surface area contributed by atoms with Gasteiger partial charge in [0.2, 0.25) is 0 Å². The summed E-state index contributed by atoms with van der Waals surface area (Å²) in [5, 5.41) is 9.85. The Hall–Kier alpha value is -1.10. The first-order valence-corrected chi connectivity index (χ1v) is 10.4. The molecule has 26 heavy (non-hydrogen) atoms. The van der Waals surface area contributed by atoms with Crippen LogP contribution in [0.25, 0.3) is 0 Å². The number of hydrogen-bond donors (Lipinski definition) is 1. The number of aliphatic hydroxyl groups excluding tert-OH is 1. The Morgan fingerprint density at radius 3 is 1.46 bits per heavy atom. The predicted molar refractivity (Wildman–Crippen MR) is 104 cm³/mol. The number of carbonyl (C=O) groups is 2. The van der Waals surface area contributed by atoms with E-state index in [1.165, 1.54) is 25.7 Å². The van der Waals surface area contributed by atoms with Gasteiger partial charge in [-0.25, -0.2) is 0 Å². The predicted octanol–water partition coefficient (Wildman–Crippen LogP) is 4.65. The Morgan fingerprint density at radius 2 is 1.12 bits per heavy atom. The van der Waals surface area contributed by atoms with Gasteiger partial charge in [-0.2, -0.15) is 0 Å². The zero-order chi connectivity index (χ0) is 19.8. The lowest BCUT2D eigenvalue weighted by Crippen LogP contribution is -2.28. The van der Waals surface area contributed by atoms with Crippen LogP contribution in [0.3, 0.4) is 0 Å². The average Bonchev–Trinajstić information content (AvgIpc) is 2.64. The largest absolute Gasteiger partial charge is 0.463 e. The second kappa shape index (κ2) is 16.1. The van der Waals surface area contributed by atoms with E-state index in [9.17, 15) is 14.7 Å². The van der Waals surface area contributed by atoms with Gasteiger partial charge in [0.1, 0.15) is 19.3 Å². The highest BCUT2D eigenvalue weighted by atomic mass is 16.6. The maximum absolute atomic E-state index is 11.9. The summed E-state index contributed by atoms with van der Waals surface area (Å²) in [5.41, 5.74) is 0. The van der Waals surface area contributed by atoms with Crippen LogP contribution < -0.4 is 0 Å². The van der Waals surface area contributed by atoms with E-state index >= 15 is 0 Å². The molecule has 0 aliphatic carbocycles. The molecule has 0 spiro atoms. The van der Waals surface area contributed by atoms with Crippen LogP contribution >= 0.6 is 0 Å². The number of aliphatic hydroxyl groups is 1. The quantitative estimate of drug-likeness (QED) is 0.315. The minimum absolute atomic E-state index is 0.129. The Kier molecular flexibility index (Phi) is 15.4. The Bertz CT molecular complexity index is 335. The molecule has 0 aromatic carbocycles. The highest BCUT2D eigenvalue weighted by Gasteiger charge is 2.19. The molecule has 0 radical (unpaired) electrons. The van der Waals surface area contributed by atoms with Gasteiger partial charge >= 0.3 is 11.9 Å². The number of ether oxygens (including phenoxy) is 2. The van der Waals surface area contributed by atoms with Gasteiger partial charge in [-0.15, -0.1) is 0 Å². The van der Waals surface area contributed by atoms with Gasteiger partial charge in [0.25, 0.3) is 0 Å². The molecule has 5 heteroatoms. The zero-order valence-corrected chi connectivity index (χ0v) is 17.3. The fraction of sp³-hybridized carbons (Fsp3) is 0.905. The van der Waals surface area contributed by atoms with Crippen molar-refractivity contribution in [2.24, 2.45) is 11.8 Å². The summed E-state index contributed by atoms with van der Waals surface area (Å²) < 4.78 is 10.3. The molecule has 2 atom stereocenters. The third-order valence-electron chi connectivity index (χ3n) is 4.62. The van der Waals surface area contributed by atoms with Gasteiger partial charge in [-0.05, 0) is 12.8 Å². The Morgan fingerprint density at radius 1 is 0.731 bits per heavy atom.